The number of nitrogens with one attached hydrogen (secondary N) is 1. The van der Waals surface area contributed by atoms with Gasteiger partial charge in [-0.3, -0.25) is 0 Å². The summed E-state index contributed by atoms with van der Waals surface area (Å²) in [6.07, 6.45) is 5.16. The molecule has 4 N–H and O–H groups in total. The Kier molecular flexibility index (Phi) is 4.08. The van der Waals surface area contributed by atoms with Crippen molar-refractivity contribution in [1.82, 2.24) is 10.2 Å². The van der Waals surface area contributed by atoms with Gasteiger partial charge in [0.2, 0.25) is 0 Å². The SMILES string of the molecule is NCCCC1=CNCN1C1Cc2cc(O)ccc2CS1. The van der Waals surface area contributed by atoms with Crippen LogP contribution >= 0.6 is 11.8 Å². The molecule has 1 unspecified atom stereocenters. The number of hydrogen-bond acceptors (Lipinski definition) is 5. The smallest absolute Gasteiger partial charge is 0.115 e. The Labute approximate surface area is 124 Å². The molecule has 1 aromatic rings. The van der Waals surface area contributed by atoms with Gasteiger partial charge in [0.05, 0.1) is 12.0 Å². The summed E-state index contributed by atoms with van der Waals surface area (Å²) in [6, 6.07) is 5.74. The second-order valence-electron chi connectivity index (χ2n) is 5.28. The molecule has 0 amide bonds. The van der Waals surface area contributed by atoms with Crippen LogP contribution in [0.1, 0.15) is 24.0 Å². The quantitative estimate of drug-likeness (QED) is 0.791. The average Bonchev–Trinajstić information content (AvgIpc) is 2.92. The predicted molar refractivity (Wildman–Crippen MR) is 83.1 cm³/mol. The number of nitrogens with zero attached hydrogens (tertiary/aromatic N) is 1. The third kappa shape index (κ3) is 2.74. The van der Waals surface area contributed by atoms with Gasteiger partial charge in [-0.2, -0.15) is 0 Å². The summed E-state index contributed by atoms with van der Waals surface area (Å²) >= 11 is 1.98. The fourth-order valence-corrected chi connectivity index (χ4v) is 4.15. The van der Waals surface area contributed by atoms with Crippen LogP contribution in [0, 0.1) is 0 Å². The number of thioether (sulfide) groups is 1. The van der Waals surface area contributed by atoms with E-state index in [0.717, 1.165) is 38.2 Å². The number of allylic oxidation sites excluding steroid dienone is 1. The molecular formula is C15H21N3OS. The highest BCUT2D eigenvalue weighted by Crippen LogP contribution is 2.36. The number of aromatic hydroxyl groups is 1. The first-order valence-electron chi connectivity index (χ1n) is 7.09. The molecule has 1 atom stereocenters. The van der Waals surface area contributed by atoms with Crippen molar-refractivity contribution in [2.45, 2.75) is 30.4 Å². The lowest BCUT2D eigenvalue weighted by Crippen LogP contribution is -2.36. The molecule has 1 aromatic carbocycles. The Morgan fingerprint density at radius 1 is 1.40 bits per heavy atom. The maximum atomic E-state index is 9.65. The Morgan fingerprint density at radius 2 is 2.30 bits per heavy atom. The van der Waals surface area contributed by atoms with Gasteiger partial charge < -0.3 is 21.1 Å². The van der Waals surface area contributed by atoms with E-state index in [1.807, 2.05) is 23.9 Å². The molecule has 0 bridgehead atoms. The van der Waals surface area contributed by atoms with Crippen LogP contribution in [-0.4, -0.2) is 28.6 Å². The maximum absolute atomic E-state index is 9.65. The molecule has 108 valence electrons. The molecule has 0 fully saturated rings. The van der Waals surface area contributed by atoms with Gasteiger partial charge in [0, 0.05) is 24.1 Å². The van der Waals surface area contributed by atoms with Crippen LogP contribution in [0.2, 0.25) is 0 Å². The van der Waals surface area contributed by atoms with Crippen LogP contribution < -0.4 is 11.1 Å². The largest absolute Gasteiger partial charge is 0.508 e. The van der Waals surface area contributed by atoms with E-state index in [9.17, 15) is 5.11 Å². The van der Waals surface area contributed by atoms with Gasteiger partial charge in [-0.05, 0) is 42.6 Å². The monoisotopic (exact) mass is 291 g/mol. The summed E-state index contributed by atoms with van der Waals surface area (Å²) in [4.78, 5) is 2.44. The van der Waals surface area contributed by atoms with E-state index in [1.54, 1.807) is 6.07 Å². The zero-order chi connectivity index (χ0) is 13.9. The molecule has 2 aliphatic rings. The number of benzene rings is 1. The standard InChI is InChI=1S/C15H21N3OS/c16-5-1-2-13-8-17-10-18(13)15-7-12-6-14(19)4-3-11(12)9-20-15/h3-4,6,8,15,17,19H,1-2,5,7,9-10,16H2. The fourth-order valence-electron chi connectivity index (χ4n) is 2.81. The van der Waals surface area contributed by atoms with Crippen molar-refractivity contribution in [3.8, 4) is 5.75 Å². The number of phenolic OH excluding ortho intramolecular Hbond substituents is 1. The number of fused-ring (bicyclic) bond motifs is 1. The van der Waals surface area contributed by atoms with Crippen LogP contribution in [0.5, 0.6) is 5.75 Å². The van der Waals surface area contributed by atoms with Gasteiger partial charge in [-0.15, -0.1) is 11.8 Å². The Morgan fingerprint density at radius 3 is 3.15 bits per heavy atom. The number of rotatable bonds is 4. The molecule has 0 radical (unpaired) electrons. The summed E-state index contributed by atoms with van der Waals surface area (Å²) < 4.78 is 0. The van der Waals surface area contributed by atoms with Gasteiger partial charge in [0.15, 0.2) is 0 Å². The van der Waals surface area contributed by atoms with E-state index in [0.29, 0.717) is 11.1 Å². The minimum atomic E-state index is 0.368. The third-order valence-corrected chi connectivity index (χ3v) is 5.18. The zero-order valence-corrected chi connectivity index (χ0v) is 12.3. The van der Waals surface area contributed by atoms with E-state index in [-0.39, 0.29) is 0 Å². The molecule has 0 aliphatic carbocycles. The molecule has 2 aliphatic heterocycles. The first kappa shape index (κ1) is 13.6. The summed E-state index contributed by atoms with van der Waals surface area (Å²) in [6.45, 7) is 1.62. The summed E-state index contributed by atoms with van der Waals surface area (Å²) in [7, 11) is 0. The first-order valence-corrected chi connectivity index (χ1v) is 8.14. The molecular weight excluding hydrogens is 270 g/mol. The predicted octanol–water partition coefficient (Wildman–Crippen LogP) is 1.95. The maximum Gasteiger partial charge on any atom is 0.115 e. The number of nitrogens with two attached hydrogens (primary N) is 1. The topological polar surface area (TPSA) is 61.5 Å². The second kappa shape index (κ2) is 5.97. The van der Waals surface area contributed by atoms with Crippen molar-refractivity contribution in [3.05, 3.63) is 41.2 Å². The lowest BCUT2D eigenvalue weighted by molar-refractivity contribution is 0.326. The van der Waals surface area contributed by atoms with Crippen LogP contribution in [-0.2, 0) is 12.2 Å². The van der Waals surface area contributed by atoms with E-state index in [4.69, 9.17) is 5.73 Å². The normalized spacial score (nSPS) is 21.4. The van der Waals surface area contributed by atoms with Crippen LogP contribution in [0.25, 0.3) is 0 Å². The molecule has 0 aromatic heterocycles. The molecule has 20 heavy (non-hydrogen) atoms. The fraction of sp³-hybridized carbons (Fsp3) is 0.467. The van der Waals surface area contributed by atoms with E-state index < -0.39 is 0 Å². The molecule has 0 spiro atoms. The molecule has 0 saturated carbocycles. The van der Waals surface area contributed by atoms with Crippen molar-refractivity contribution in [2.24, 2.45) is 5.73 Å². The minimum Gasteiger partial charge on any atom is -0.508 e. The Balaban J connectivity index is 1.71. The Hall–Kier alpha value is -1.33. The molecule has 0 saturated heterocycles. The second-order valence-corrected chi connectivity index (χ2v) is 6.45. The van der Waals surface area contributed by atoms with Gasteiger partial charge in [0.1, 0.15) is 5.75 Å². The molecule has 3 rings (SSSR count). The first-order chi connectivity index (χ1) is 9.78. The summed E-state index contributed by atoms with van der Waals surface area (Å²) in [5, 5.41) is 13.4. The lowest BCUT2D eigenvalue weighted by atomic mass is 10.0. The van der Waals surface area contributed by atoms with Crippen molar-refractivity contribution < 1.29 is 5.11 Å². The van der Waals surface area contributed by atoms with Crippen molar-refractivity contribution in [3.63, 3.8) is 0 Å². The van der Waals surface area contributed by atoms with Crippen molar-refractivity contribution in [2.75, 3.05) is 13.2 Å². The van der Waals surface area contributed by atoms with Crippen molar-refractivity contribution >= 4 is 11.8 Å². The van der Waals surface area contributed by atoms with Gasteiger partial charge in [-0.25, -0.2) is 0 Å². The minimum absolute atomic E-state index is 0.368. The van der Waals surface area contributed by atoms with E-state index in [2.05, 4.69) is 16.4 Å². The molecule has 2 heterocycles. The number of hydrogen-bond donors (Lipinski definition) is 3. The zero-order valence-electron chi connectivity index (χ0n) is 11.5. The van der Waals surface area contributed by atoms with Crippen LogP contribution in [0.15, 0.2) is 30.1 Å². The Bertz CT molecular complexity index is 518. The highest BCUT2D eigenvalue weighted by Gasteiger charge is 2.28. The van der Waals surface area contributed by atoms with Gasteiger partial charge in [-0.1, -0.05) is 6.07 Å². The summed E-state index contributed by atoms with van der Waals surface area (Å²) in [5.41, 5.74) is 9.60. The highest BCUT2D eigenvalue weighted by atomic mass is 32.2. The summed E-state index contributed by atoms with van der Waals surface area (Å²) in [5.74, 6) is 1.38. The average molecular weight is 291 g/mol. The highest BCUT2D eigenvalue weighted by molar-refractivity contribution is 7.99. The van der Waals surface area contributed by atoms with Crippen molar-refractivity contribution in [1.29, 1.82) is 0 Å². The van der Waals surface area contributed by atoms with Crippen LogP contribution in [0.3, 0.4) is 0 Å². The third-order valence-electron chi connectivity index (χ3n) is 3.90. The van der Waals surface area contributed by atoms with E-state index >= 15 is 0 Å². The number of phenols is 1. The van der Waals surface area contributed by atoms with Crippen LogP contribution in [0.4, 0.5) is 0 Å². The lowest BCUT2D eigenvalue weighted by Gasteiger charge is -2.34. The van der Waals surface area contributed by atoms with Gasteiger partial charge in [0.25, 0.3) is 0 Å². The molecule has 4 nitrogen and oxygen atoms in total. The van der Waals surface area contributed by atoms with E-state index in [1.165, 1.54) is 16.8 Å². The molecule has 5 heteroatoms. The van der Waals surface area contributed by atoms with Gasteiger partial charge >= 0.3 is 0 Å².